The van der Waals surface area contributed by atoms with Crippen molar-refractivity contribution in [1.82, 2.24) is 4.98 Å². The third-order valence-electron chi connectivity index (χ3n) is 4.18. The van der Waals surface area contributed by atoms with Crippen LogP contribution in [0.4, 0.5) is 4.39 Å². The number of carbonyl (C=O) groups is 1. The summed E-state index contributed by atoms with van der Waals surface area (Å²) in [7, 11) is 0. The number of fused-ring (bicyclic) bond motifs is 1. The average molecular weight is 322 g/mol. The summed E-state index contributed by atoms with van der Waals surface area (Å²) in [6.45, 7) is 4.66. The SMILES string of the molecule is CC(=O)c1cc(F)cc2c(Cl)c(C)c(C3CCCOC3)nc12. The fourth-order valence-electron chi connectivity index (χ4n) is 3.03. The Hall–Kier alpha value is -1.52. The molecule has 5 heteroatoms. The zero-order valence-electron chi connectivity index (χ0n) is 12.6. The van der Waals surface area contributed by atoms with Crippen molar-refractivity contribution in [2.24, 2.45) is 0 Å². The minimum absolute atomic E-state index is 0.167. The van der Waals surface area contributed by atoms with Crippen molar-refractivity contribution in [3.8, 4) is 0 Å². The Balaban J connectivity index is 2.27. The lowest BCUT2D eigenvalue weighted by Gasteiger charge is -2.24. The first kappa shape index (κ1) is 15.4. The van der Waals surface area contributed by atoms with E-state index in [4.69, 9.17) is 16.3 Å². The fraction of sp³-hybridized carbons (Fsp3) is 0.412. The highest BCUT2D eigenvalue weighted by Crippen LogP contribution is 2.35. The maximum Gasteiger partial charge on any atom is 0.162 e. The first-order valence-corrected chi connectivity index (χ1v) is 7.74. The molecule has 0 spiro atoms. The van der Waals surface area contributed by atoms with Gasteiger partial charge in [-0.25, -0.2) is 4.39 Å². The molecule has 1 aromatic carbocycles. The summed E-state index contributed by atoms with van der Waals surface area (Å²) in [6.07, 6.45) is 1.96. The van der Waals surface area contributed by atoms with Gasteiger partial charge in [-0.2, -0.15) is 0 Å². The third kappa shape index (κ3) is 2.61. The Morgan fingerprint density at radius 1 is 1.45 bits per heavy atom. The highest BCUT2D eigenvalue weighted by Gasteiger charge is 2.23. The minimum atomic E-state index is -0.477. The van der Waals surface area contributed by atoms with Crippen molar-refractivity contribution in [2.75, 3.05) is 13.2 Å². The molecular weight excluding hydrogens is 305 g/mol. The molecule has 0 N–H and O–H groups in total. The van der Waals surface area contributed by atoms with Crippen molar-refractivity contribution in [2.45, 2.75) is 32.6 Å². The number of hydrogen-bond acceptors (Lipinski definition) is 3. The summed E-state index contributed by atoms with van der Waals surface area (Å²) in [6, 6.07) is 2.57. The van der Waals surface area contributed by atoms with Crippen molar-refractivity contribution in [3.05, 3.63) is 39.8 Å². The van der Waals surface area contributed by atoms with Crippen LogP contribution in [0.5, 0.6) is 0 Å². The second-order valence-electron chi connectivity index (χ2n) is 5.76. The van der Waals surface area contributed by atoms with E-state index in [9.17, 15) is 9.18 Å². The molecular formula is C17H17ClFNO2. The van der Waals surface area contributed by atoms with Gasteiger partial charge in [-0.15, -0.1) is 0 Å². The molecule has 3 nitrogen and oxygen atoms in total. The lowest BCUT2D eigenvalue weighted by molar-refractivity contribution is 0.0792. The largest absolute Gasteiger partial charge is 0.381 e. The quantitative estimate of drug-likeness (QED) is 0.768. The second-order valence-corrected chi connectivity index (χ2v) is 6.13. The van der Waals surface area contributed by atoms with E-state index < -0.39 is 5.82 Å². The molecule has 1 atom stereocenters. The first-order valence-electron chi connectivity index (χ1n) is 7.37. The summed E-state index contributed by atoms with van der Waals surface area (Å²) in [5.74, 6) is -0.530. The maximum absolute atomic E-state index is 13.8. The molecule has 2 aromatic rings. The van der Waals surface area contributed by atoms with Crippen LogP contribution in [-0.2, 0) is 4.74 Å². The van der Waals surface area contributed by atoms with Crippen molar-refractivity contribution < 1.29 is 13.9 Å². The maximum atomic E-state index is 13.8. The normalized spacial score (nSPS) is 18.6. The number of rotatable bonds is 2. The Kier molecular flexibility index (Phi) is 4.15. The van der Waals surface area contributed by atoms with Gasteiger partial charge in [0, 0.05) is 23.5 Å². The van der Waals surface area contributed by atoms with E-state index in [1.54, 1.807) is 0 Å². The number of ether oxygens (including phenoxy) is 1. The molecule has 0 aliphatic carbocycles. The molecule has 116 valence electrons. The molecule has 0 amide bonds. The Morgan fingerprint density at radius 3 is 2.86 bits per heavy atom. The van der Waals surface area contributed by atoms with Crippen LogP contribution in [0.3, 0.4) is 0 Å². The van der Waals surface area contributed by atoms with E-state index >= 15 is 0 Å². The number of halogens is 2. The van der Waals surface area contributed by atoms with Gasteiger partial charge >= 0.3 is 0 Å². The number of aromatic nitrogens is 1. The summed E-state index contributed by atoms with van der Waals surface area (Å²) in [5.41, 5.74) is 2.44. The predicted octanol–water partition coefficient (Wildman–Crippen LogP) is 4.43. The van der Waals surface area contributed by atoms with Crippen molar-refractivity contribution in [3.63, 3.8) is 0 Å². The fourth-order valence-corrected chi connectivity index (χ4v) is 3.27. The van der Waals surface area contributed by atoms with Crippen LogP contribution >= 0.6 is 11.6 Å². The van der Waals surface area contributed by atoms with Crippen LogP contribution < -0.4 is 0 Å². The zero-order valence-corrected chi connectivity index (χ0v) is 13.3. The number of nitrogens with zero attached hydrogens (tertiary/aromatic N) is 1. The summed E-state index contributed by atoms with van der Waals surface area (Å²) < 4.78 is 19.3. The summed E-state index contributed by atoms with van der Waals surface area (Å²) in [4.78, 5) is 16.5. The van der Waals surface area contributed by atoms with Gasteiger partial charge in [0.2, 0.25) is 0 Å². The van der Waals surface area contributed by atoms with Crippen LogP contribution in [0, 0.1) is 12.7 Å². The van der Waals surface area contributed by atoms with Gasteiger partial charge in [0.15, 0.2) is 5.78 Å². The number of Topliss-reactive ketones (excluding diaryl/α,β-unsaturated/α-hetero) is 1. The summed E-state index contributed by atoms with van der Waals surface area (Å²) in [5, 5.41) is 0.956. The molecule has 1 aromatic heterocycles. The Morgan fingerprint density at radius 2 is 2.23 bits per heavy atom. The number of pyridine rings is 1. The molecule has 1 aliphatic heterocycles. The van der Waals surface area contributed by atoms with E-state index in [-0.39, 0.29) is 17.3 Å². The molecule has 3 rings (SSSR count). The molecule has 0 saturated carbocycles. The molecule has 2 heterocycles. The lowest BCUT2D eigenvalue weighted by Crippen LogP contribution is -2.18. The molecule has 0 radical (unpaired) electrons. The molecule has 1 unspecified atom stereocenters. The molecule has 0 bridgehead atoms. The van der Waals surface area contributed by atoms with Gasteiger partial charge in [-0.1, -0.05) is 11.6 Å². The van der Waals surface area contributed by atoms with Crippen molar-refractivity contribution in [1.29, 1.82) is 0 Å². The number of ketones is 1. The van der Waals surface area contributed by atoms with E-state index in [2.05, 4.69) is 4.98 Å². The molecule has 1 fully saturated rings. The van der Waals surface area contributed by atoms with Crippen LogP contribution in [-0.4, -0.2) is 24.0 Å². The average Bonchev–Trinajstić information content (AvgIpc) is 2.51. The van der Waals surface area contributed by atoms with E-state index in [1.807, 2.05) is 6.92 Å². The molecule has 1 aliphatic rings. The number of hydrogen-bond donors (Lipinski definition) is 0. The third-order valence-corrected chi connectivity index (χ3v) is 4.67. The number of carbonyl (C=O) groups excluding carboxylic acids is 1. The monoisotopic (exact) mass is 321 g/mol. The molecule has 22 heavy (non-hydrogen) atoms. The Labute approximate surface area is 133 Å². The van der Waals surface area contributed by atoms with Crippen LogP contribution in [0.2, 0.25) is 5.02 Å². The highest BCUT2D eigenvalue weighted by molar-refractivity contribution is 6.36. The van der Waals surface area contributed by atoms with E-state index in [0.29, 0.717) is 22.5 Å². The minimum Gasteiger partial charge on any atom is -0.381 e. The zero-order chi connectivity index (χ0) is 15.9. The van der Waals surface area contributed by atoms with Gasteiger partial charge in [0.25, 0.3) is 0 Å². The van der Waals surface area contributed by atoms with Gasteiger partial charge in [0.05, 0.1) is 22.8 Å². The van der Waals surface area contributed by atoms with Gasteiger partial charge in [-0.05, 0) is 44.4 Å². The van der Waals surface area contributed by atoms with Gasteiger partial charge in [0.1, 0.15) is 5.82 Å². The summed E-state index contributed by atoms with van der Waals surface area (Å²) >= 11 is 6.44. The van der Waals surface area contributed by atoms with Crippen LogP contribution in [0.25, 0.3) is 10.9 Å². The second kappa shape index (κ2) is 5.94. The Bertz CT molecular complexity index is 754. The number of benzene rings is 1. The first-order chi connectivity index (χ1) is 10.5. The van der Waals surface area contributed by atoms with E-state index in [0.717, 1.165) is 30.7 Å². The van der Waals surface area contributed by atoms with Gasteiger partial charge in [-0.3, -0.25) is 9.78 Å². The van der Waals surface area contributed by atoms with Crippen molar-refractivity contribution >= 4 is 28.3 Å². The van der Waals surface area contributed by atoms with E-state index in [1.165, 1.54) is 19.1 Å². The highest BCUT2D eigenvalue weighted by atomic mass is 35.5. The molecule has 1 saturated heterocycles. The van der Waals surface area contributed by atoms with Crippen LogP contribution in [0.1, 0.15) is 47.3 Å². The van der Waals surface area contributed by atoms with Crippen LogP contribution in [0.15, 0.2) is 12.1 Å². The van der Waals surface area contributed by atoms with Gasteiger partial charge < -0.3 is 4.74 Å². The lowest BCUT2D eigenvalue weighted by atomic mass is 9.93. The predicted molar refractivity (Wildman–Crippen MR) is 84.2 cm³/mol. The standard InChI is InChI=1S/C17H17ClFNO2/c1-9-15(18)14-7-12(19)6-13(10(2)21)17(14)20-16(9)11-4-3-5-22-8-11/h6-7,11H,3-5,8H2,1-2H3. The smallest absolute Gasteiger partial charge is 0.162 e. The topological polar surface area (TPSA) is 39.2 Å².